The lowest BCUT2D eigenvalue weighted by Gasteiger charge is -2.38. The molecule has 11 nitrogen and oxygen atoms in total. The Bertz CT molecular complexity index is 2950. The van der Waals surface area contributed by atoms with E-state index in [1.807, 2.05) is 53.7 Å². The summed E-state index contributed by atoms with van der Waals surface area (Å²) in [4.78, 5) is 52.7. The van der Waals surface area contributed by atoms with Crippen LogP contribution in [0.3, 0.4) is 0 Å². The third-order valence-corrected chi connectivity index (χ3v) is 16.0. The smallest absolute Gasteiger partial charge is 0.430 e. The number of carbonyl (C=O) groups excluding carboxylic acids is 2. The molecule has 1 amide bonds. The van der Waals surface area contributed by atoms with Gasteiger partial charge in [-0.15, -0.1) is 0 Å². The van der Waals surface area contributed by atoms with E-state index in [9.17, 15) is 60.8 Å². The van der Waals surface area contributed by atoms with Crippen LogP contribution >= 0.6 is 0 Å². The maximum Gasteiger partial charge on any atom is 0.430 e. The third-order valence-electron chi connectivity index (χ3n) is 16.0. The van der Waals surface area contributed by atoms with Gasteiger partial charge < -0.3 is 35.4 Å². The second kappa shape index (κ2) is 20.7. The van der Waals surface area contributed by atoms with Crippen LogP contribution in [0.25, 0.3) is 0 Å². The third kappa shape index (κ3) is 11.1. The molecule has 0 spiro atoms. The molecule has 0 heterocycles. The largest absolute Gasteiger partial charge is 0.478 e. The van der Waals surface area contributed by atoms with Crippen molar-refractivity contribution < 1.29 is 70.3 Å². The zero-order valence-electron chi connectivity index (χ0n) is 42.9. The summed E-state index contributed by atoms with van der Waals surface area (Å²) in [6.45, 7) is 15.6. The summed E-state index contributed by atoms with van der Waals surface area (Å²) < 4.78 is 97.7. The molecule has 2 fully saturated rings. The summed E-state index contributed by atoms with van der Waals surface area (Å²) in [7, 11) is 0. The van der Waals surface area contributed by atoms with Crippen LogP contribution in [-0.4, -0.2) is 56.8 Å². The fourth-order valence-corrected chi connectivity index (χ4v) is 10.6. The molecule has 0 saturated heterocycles. The monoisotopic (exact) mass is 1040 g/mol. The minimum Gasteiger partial charge on any atom is -0.478 e. The van der Waals surface area contributed by atoms with E-state index in [0.717, 1.165) is 61.4 Å². The molecule has 0 radical (unpaired) electrons. The lowest BCUT2D eigenvalue weighted by Crippen LogP contribution is -2.54. The summed E-state index contributed by atoms with van der Waals surface area (Å²) in [5.41, 5.74) is -9.24. The number of benzene rings is 5. The molecule has 5 N–H and O–H groups in total. The highest BCUT2D eigenvalue weighted by Gasteiger charge is 2.71. The van der Waals surface area contributed by atoms with Crippen LogP contribution in [0.5, 0.6) is 23.0 Å². The lowest BCUT2D eigenvalue weighted by atomic mass is 9.68. The van der Waals surface area contributed by atoms with Gasteiger partial charge in [-0.2, -0.15) is 26.3 Å². The van der Waals surface area contributed by atoms with Gasteiger partial charge in [0.25, 0.3) is 11.5 Å². The zero-order chi connectivity index (χ0) is 55.2. The van der Waals surface area contributed by atoms with Crippen molar-refractivity contribution in [1.82, 2.24) is 0 Å². The first-order valence-corrected chi connectivity index (χ1v) is 24.9. The number of Topliss-reactive ketones (excluding diaryl/α,β-unsaturated/α-hetero) is 1. The van der Waals surface area contributed by atoms with Crippen LogP contribution in [0, 0.1) is 29.1 Å². The van der Waals surface area contributed by atoms with Gasteiger partial charge in [0.2, 0.25) is 0 Å². The van der Waals surface area contributed by atoms with E-state index in [1.54, 1.807) is 43.3 Å². The second-order valence-electron chi connectivity index (χ2n) is 21.3. The quantitative estimate of drug-likeness (QED) is 0.0396. The van der Waals surface area contributed by atoms with Crippen molar-refractivity contribution >= 4 is 35.0 Å². The first-order chi connectivity index (χ1) is 34.9. The van der Waals surface area contributed by atoms with Gasteiger partial charge in [0.1, 0.15) is 23.0 Å². The number of hydrogen-bond donors (Lipinski definition) is 5. The molecule has 0 bridgehead atoms. The van der Waals surface area contributed by atoms with Gasteiger partial charge in [-0.3, -0.25) is 9.59 Å². The normalized spacial score (nSPS) is 17.9. The molecule has 75 heavy (non-hydrogen) atoms. The van der Waals surface area contributed by atoms with Gasteiger partial charge in [-0.1, -0.05) is 85.6 Å². The van der Waals surface area contributed by atoms with E-state index in [2.05, 4.69) is 17.6 Å². The summed E-state index contributed by atoms with van der Waals surface area (Å²) in [6.07, 6.45) is -7.82. The van der Waals surface area contributed by atoms with Crippen molar-refractivity contribution in [3.63, 3.8) is 0 Å². The number of ketones is 1. The number of ether oxygens (including phenoxy) is 2. The predicted molar refractivity (Wildman–Crippen MR) is 271 cm³/mol. The summed E-state index contributed by atoms with van der Waals surface area (Å²) >= 11 is 0. The molecule has 0 aliphatic heterocycles. The number of carbonyl (C=O) groups is 4. The number of carboxylic acids is 2. The maximum atomic E-state index is 14.3. The van der Waals surface area contributed by atoms with E-state index < -0.39 is 74.5 Å². The van der Waals surface area contributed by atoms with Gasteiger partial charge in [0, 0.05) is 38.9 Å². The average Bonchev–Trinajstić information content (AvgIpc) is 3.81. The number of aliphatic hydroxyl groups is 1. The Morgan fingerprint density at radius 2 is 1.07 bits per heavy atom. The Morgan fingerprint density at radius 1 is 0.627 bits per heavy atom. The van der Waals surface area contributed by atoms with Crippen molar-refractivity contribution in [2.24, 2.45) is 29.1 Å². The van der Waals surface area contributed by atoms with Gasteiger partial charge in [-0.05, 0) is 146 Å². The van der Waals surface area contributed by atoms with Crippen molar-refractivity contribution in [3.8, 4) is 23.0 Å². The van der Waals surface area contributed by atoms with Crippen molar-refractivity contribution in [2.45, 2.75) is 123 Å². The van der Waals surface area contributed by atoms with Crippen molar-refractivity contribution in [3.05, 3.63) is 142 Å². The Balaban J connectivity index is 1.10. The fourth-order valence-electron chi connectivity index (χ4n) is 10.6. The molecule has 4 atom stereocenters. The molecular formula is C58H62F6N2O9. The topological polar surface area (TPSA) is 171 Å². The highest BCUT2D eigenvalue weighted by atomic mass is 19.4. The second-order valence-corrected chi connectivity index (χ2v) is 21.3. The SMILES string of the molecule is CCC(C)(Nc1cc(NC(=O)c2cc(Oc3ccc(C(C)(C)c4ccc(Oc5ccc(C(=O)O)c(C(=O)C(C)(C(C)C)C6CC6C)c5)cc4)cc3)ccc2C(=O)O)cc(C(O)(C(F)(F)F)C(F)(F)F)c1)C1CCCC1. The van der Waals surface area contributed by atoms with Crippen LogP contribution in [0.1, 0.15) is 152 Å². The average molecular weight is 1050 g/mol. The van der Waals surface area contributed by atoms with Crippen molar-refractivity contribution in [1.29, 1.82) is 0 Å². The number of rotatable bonds is 19. The Labute approximate surface area is 431 Å². The van der Waals surface area contributed by atoms with Gasteiger partial charge in [0.15, 0.2) is 5.78 Å². The standard InChI is InChI=1S/C58H62F6N2O9/c1-9-54(7,36-12-10-11-13-36)66-39-28-37(56(73,57(59,60)61)58(62,63)64)27-38(29-39)65-50(68)47-31-43(23-25-45(47)52(71)72)75-41-20-16-35(17-21-41)53(5,6)34-14-18-40(19-15-34)74-42-22-24-44(51(69)70)46(30-42)49(67)55(8,32(2)3)48-26-33(48)4/h14-25,27-33,36,48,66,73H,9-13,26H2,1-8H3,(H,65,68)(H,69,70)(H,71,72). The van der Waals surface area contributed by atoms with E-state index in [-0.39, 0.29) is 51.9 Å². The molecule has 2 aliphatic carbocycles. The minimum atomic E-state index is -6.23. The van der Waals surface area contributed by atoms with Crippen LogP contribution in [0.4, 0.5) is 37.7 Å². The molecular weight excluding hydrogens is 983 g/mol. The number of anilines is 2. The molecule has 0 aromatic heterocycles. The van der Waals surface area contributed by atoms with E-state index >= 15 is 0 Å². The number of alkyl halides is 6. The Kier molecular flexibility index (Phi) is 15.4. The molecule has 400 valence electrons. The predicted octanol–water partition coefficient (Wildman–Crippen LogP) is 14.8. The number of aromatic carboxylic acids is 2. The Hall–Kier alpha value is -6.88. The first-order valence-electron chi connectivity index (χ1n) is 24.9. The number of hydrogen-bond acceptors (Lipinski definition) is 8. The summed E-state index contributed by atoms with van der Waals surface area (Å²) in [5.74, 6) is -2.70. The van der Waals surface area contributed by atoms with Crippen molar-refractivity contribution in [2.75, 3.05) is 10.6 Å². The molecule has 17 heteroatoms. The highest BCUT2D eigenvalue weighted by Crippen LogP contribution is 2.56. The molecule has 4 unspecified atom stereocenters. The molecule has 5 aromatic carbocycles. The van der Waals surface area contributed by atoms with Crippen LogP contribution in [0.2, 0.25) is 0 Å². The van der Waals surface area contributed by atoms with Gasteiger partial charge in [-0.25, -0.2) is 9.59 Å². The fraction of sp³-hybridized carbons (Fsp3) is 0.414. The van der Waals surface area contributed by atoms with E-state index in [4.69, 9.17) is 9.47 Å². The number of halogens is 6. The lowest BCUT2D eigenvalue weighted by molar-refractivity contribution is -0.376. The van der Waals surface area contributed by atoms with Gasteiger partial charge >= 0.3 is 24.3 Å². The van der Waals surface area contributed by atoms with Gasteiger partial charge in [0.05, 0.1) is 16.7 Å². The first kappa shape index (κ1) is 55.9. The molecule has 2 saturated carbocycles. The number of nitrogens with one attached hydrogen (secondary N) is 2. The highest BCUT2D eigenvalue weighted by molar-refractivity contribution is 6.11. The zero-order valence-corrected chi connectivity index (χ0v) is 42.9. The van der Waals surface area contributed by atoms with Crippen LogP contribution in [0.15, 0.2) is 103 Å². The minimum absolute atomic E-state index is 0.0223. The van der Waals surface area contributed by atoms with Crippen LogP contribution in [-0.2, 0) is 11.0 Å². The summed E-state index contributed by atoms with van der Waals surface area (Å²) in [6, 6.07) is 24.0. The molecule has 2 aliphatic rings. The van der Waals surface area contributed by atoms with E-state index in [1.165, 1.54) is 24.3 Å². The molecule has 5 aromatic rings. The van der Waals surface area contributed by atoms with E-state index in [0.29, 0.717) is 36.0 Å². The van der Waals surface area contributed by atoms with Crippen LogP contribution < -0.4 is 20.1 Å². The maximum absolute atomic E-state index is 14.3. The summed E-state index contributed by atoms with van der Waals surface area (Å²) in [5, 5.41) is 35.9. The Morgan fingerprint density at radius 3 is 1.49 bits per heavy atom. The number of amides is 1. The molecule has 7 rings (SSSR count). The number of carboxylic acid groups (broad SMARTS) is 2.